The molecule has 0 aromatic carbocycles. The Labute approximate surface area is 172 Å². The van der Waals surface area contributed by atoms with Crippen molar-refractivity contribution in [2.24, 2.45) is 12.1 Å². The third-order valence-electron chi connectivity index (χ3n) is 4.44. The summed E-state index contributed by atoms with van der Waals surface area (Å²) in [5, 5.41) is 14.6. The first-order valence-electron chi connectivity index (χ1n) is 9.43. The number of aromatic nitrogens is 3. The molecule has 0 saturated heterocycles. The Balaban J connectivity index is 0.00000300. The highest BCUT2D eigenvalue weighted by Crippen LogP contribution is 2.26. The van der Waals surface area contributed by atoms with Crippen LogP contribution in [0.2, 0.25) is 0 Å². The highest BCUT2D eigenvalue weighted by atomic mass is 16.5. The van der Waals surface area contributed by atoms with E-state index in [1.54, 1.807) is 13.3 Å². The molecule has 2 aromatic rings. The van der Waals surface area contributed by atoms with Gasteiger partial charge in [0.2, 0.25) is 5.88 Å². The molecule has 1 aliphatic heterocycles. The van der Waals surface area contributed by atoms with Gasteiger partial charge in [0.1, 0.15) is 0 Å². The molecule has 0 unspecified atom stereocenters. The van der Waals surface area contributed by atoms with Gasteiger partial charge in [-0.05, 0) is 45.1 Å². The van der Waals surface area contributed by atoms with Gasteiger partial charge in [0, 0.05) is 55.3 Å². The van der Waals surface area contributed by atoms with Gasteiger partial charge in [-0.1, -0.05) is 0 Å². The van der Waals surface area contributed by atoms with Gasteiger partial charge in [-0.25, -0.2) is 4.98 Å². The summed E-state index contributed by atoms with van der Waals surface area (Å²) in [6.45, 7) is 7.05. The molecular weight excluding hydrogens is 366 g/mol. The molecular formula is C21H31N7O. The van der Waals surface area contributed by atoms with Gasteiger partial charge in [-0.15, -0.1) is 0 Å². The van der Waals surface area contributed by atoms with Gasteiger partial charge in [0.15, 0.2) is 0 Å². The number of hydrogen-bond acceptors (Lipinski definition) is 7. The molecule has 156 valence electrons. The van der Waals surface area contributed by atoms with Crippen molar-refractivity contribution in [2.45, 2.75) is 39.8 Å². The van der Waals surface area contributed by atoms with Crippen LogP contribution in [-0.4, -0.2) is 38.6 Å². The molecule has 29 heavy (non-hydrogen) atoms. The lowest BCUT2D eigenvalue weighted by atomic mass is 10.1. The van der Waals surface area contributed by atoms with Crippen LogP contribution in [0.1, 0.15) is 38.3 Å². The molecule has 3 heterocycles. The Morgan fingerprint density at radius 1 is 1.38 bits per heavy atom. The van der Waals surface area contributed by atoms with Crippen molar-refractivity contribution in [3.63, 3.8) is 0 Å². The van der Waals surface area contributed by atoms with E-state index in [1.165, 1.54) is 0 Å². The maximum absolute atomic E-state index is 5.37. The predicted octanol–water partition coefficient (Wildman–Crippen LogP) is 3.49. The lowest BCUT2D eigenvalue weighted by molar-refractivity contribution is 0.306. The zero-order valence-electron chi connectivity index (χ0n) is 17.9. The molecule has 0 spiro atoms. The topological polar surface area (TPSA) is 103 Å². The van der Waals surface area contributed by atoms with E-state index >= 15 is 0 Å². The molecule has 2 aromatic heterocycles. The summed E-state index contributed by atoms with van der Waals surface area (Å²) in [6, 6.07) is 4.17. The number of pyridine rings is 1. The van der Waals surface area contributed by atoms with E-state index in [0.717, 1.165) is 34.7 Å². The zero-order chi connectivity index (χ0) is 20.1. The number of hydrazone groups is 1. The molecule has 0 bridgehead atoms. The Bertz CT molecular complexity index is 911. The molecule has 0 aliphatic carbocycles. The second-order valence-electron chi connectivity index (χ2n) is 7.12. The molecule has 8 nitrogen and oxygen atoms in total. The summed E-state index contributed by atoms with van der Waals surface area (Å²) in [5.74, 6) is 0.606. The van der Waals surface area contributed by atoms with Crippen LogP contribution in [0.5, 0.6) is 5.88 Å². The Hall–Kier alpha value is -3.13. The van der Waals surface area contributed by atoms with Gasteiger partial charge < -0.3 is 16.2 Å². The third-order valence-corrected chi connectivity index (χ3v) is 4.44. The number of aryl methyl sites for hydroxylation is 1. The highest BCUT2D eigenvalue weighted by molar-refractivity contribution is 5.86. The van der Waals surface area contributed by atoms with Crippen LogP contribution in [0.15, 0.2) is 53.3 Å². The van der Waals surface area contributed by atoms with E-state index in [1.807, 2.05) is 42.3 Å². The Kier molecular flexibility index (Phi) is 7.55. The van der Waals surface area contributed by atoms with Gasteiger partial charge in [0.05, 0.1) is 24.7 Å². The van der Waals surface area contributed by atoms with Gasteiger partial charge in [-0.3, -0.25) is 9.69 Å². The van der Waals surface area contributed by atoms with Crippen LogP contribution in [0, 0.1) is 0 Å². The number of nitrogens with one attached hydrogen (secondary N) is 1. The molecule has 0 radical (unpaired) electrons. The SMILES string of the molecule is COc1ncccc1/C=C/C(NCc1cnn(C)c1)=C1\CC(C)=NN1C(C)C.N. The van der Waals surface area contributed by atoms with E-state index in [9.17, 15) is 0 Å². The number of hydrogen-bond donors (Lipinski definition) is 2. The smallest absolute Gasteiger partial charge is 0.220 e. The van der Waals surface area contributed by atoms with Crippen molar-refractivity contribution >= 4 is 11.8 Å². The lowest BCUT2D eigenvalue weighted by Crippen LogP contribution is -2.25. The summed E-state index contributed by atoms with van der Waals surface area (Å²) < 4.78 is 7.18. The van der Waals surface area contributed by atoms with Crippen molar-refractivity contribution in [1.82, 2.24) is 31.2 Å². The van der Waals surface area contributed by atoms with Gasteiger partial charge >= 0.3 is 0 Å². The fourth-order valence-corrected chi connectivity index (χ4v) is 3.14. The minimum Gasteiger partial charge on any atom is -0.481 e. The summed E-state index contributed by atoms with van der Waals surface area (Å²) in [4.78, 5) is 4.27. The van der Waals surface area contributed by atoms with Crippen LogP contribution in [-0.2, 0) is 13.6 Å². The minimum atomic E-state index is 0. The van der Waals surface area contributed by atoms with Crippen molar-refractivity contribution in [1.29, 1.82) is 0 Å². The quantitative estimate of drug-likeness (QED) is 0.741. The second kappa shape index (κ2) is 9.88. The summed E-state index contributed by atoms with van der Waals surface area (Å²) in [5.41, 5.74) is 5.36. The molecule has 0 amide bonds. The van der Waals surface area contributed by atoms with Gasteiger partial charge in [0.25, 0.3) is 0 Å². The van der Waals surface area contributed by atoms with Crippen LogP contribution in [0.3, 0.4) is 0 Å². The van der Waals surface area contributed by atoms with E-state index in [2.05, 4.69) is 47.3 Å². The van der Waals surface area contributed by atoms with Crippen molar-refractivity contribution < 1.29 is 4.74 Å². The van der Waals surface area contributed by atoms with E-state index < -0.39 is 0 Å². The fourth-order valence-electron chi connectivity index (χ4n) is 3.14. The Morgan fingerprint density at radius 3 is 2.83 bits per heavy atom. The predicted molar refractivity (Wildman–Crippen MR) is 117 cm³/mol. The molecule has 3 rings (SSSR count). The largest absolute Gasteiger partial charge is 0.481 e. The third kappa shape index (κ3) is 5.45. The van der Waals surface area contributed by atoms with Crippen LogP contribution < -0.4 is 16.2 Å². The molecule has 1 aliphatic rings. The maximum Gasteiger partial charge on any atom is 0.220 e. The number of ether oxygens (including phenoxy) is 1. The van der Waals surface area contributed by atoms with Crippen LogP contribution >= 0.6 is 0 Å². The van der Waals surface area contributed by atoms with Crippen LogP contribution in [0.4, 0.5) is 0 Å². The minimum absolute atomic E-state index is 0. The normalized spacial score (nSPS) is 15.5. The zero-order valence-corrected chi connectivity index (χ0v) is 17.9. The monoisotopic (exact) mass is 397 g/mol. The molecule has 0 fully saturated rings. The average Bonchev–Trinajstić information content (AvgIpc) is 3.27. The summed E-state index contributed by atoms with van der Waals surface area (Å²) in [7, 11) is 3.56. The number of methoxy groups -OCH3 is 1. The average molecular weight is 398 g/mol. The number of allylic oxidation sites excluding steroid dienone is 2. The fraction of sp³-hybridized carbons (Fsp3) is 0.381. The number of nitrogens with zero attached hydrogens (tertiary/aromatic N) is 5. The highest BCUT2D eigenvalue weighted by Gasteiger charge is 2.23. The molecule has 4 N–H and O–H groups in total. The van der Waals surface area contributed by atoms with Crippen molar-refractivity contribution in [2.75, 3.05) is 7.11 Å². The maximum atomic E-state index is 5.37. The molecule has 8 heteroatoms. The van der Waals surface area contributed by atoms with Crippen molar-refractivity contribution in [3.8, 4) is 5.88 Å². The first-order valence-corrected chi connectivity index (χ1v) is 9.43. The Morgan fingerprint density at radius 2 is 2.17 bits per heavy atom. The first-order chi connectivity index (χ1) is 13.5. The number of rotatable bonds is 7. The molecule has 0 saturated carbocycles. The summed E-state index contributed by atoms with van der Waals surface area (Å²) >= 11 is 0. The van der Waals surface area contributed by atoms with E-state index in [4.69, 9.17) is 9.84 Å². The van der Waals surface area contributed by atoms with Crippen molar-refractivity contribution in [3.05, 3.63) is 59.3 Å². The second-order valence-corrected chi connectivity index (χ2v) is 7.12. The lowest BCUT2D eigenvalue weighted by Gasteiger charge is -2.23. The standard InChI is InChI=1S/C21H28N6O.H3N/c1-15(2)27-20(11-16(3)25-27)19(23-12-17-13-24-26(4)14-17)9-8-18-7-6-10-22-21(18)28-5;/h6-10,13-15,23H,11-12H2,1-5H3;1H3/b9-8+,20-19-;. The van der Waals surface area contributed by atoms with Gasteiger partial charge in [-0.2, -0.15) is 10.2 Å². The molecule has 0 atom stereocenters. The summed E-state index contributed by atoms with van der Waals surface area (Å²) in [6.07, 6.45) is 10.5. The first kappa shape index (κ1) is 22.2. The van der Waals surface area contributed by atoms with E-state index in [-0.39, 0.29) is 12.2 Å². The van der Waals surface area contributed by atoms with Crippen LogP contribution in [0.25, 0.3) is 6.08 Å². The van der Waals surface area contributed by atoms with E-state index in [0.29, 0.717) is 12.4 Å².